The van der Waals surface area contributed by atoms with Crippen LogP contribution >= 0.6 is 0 Å². The Labute approximate surface area is 163 Å². The summed E-state index contributed by atoms with van der Waals surface area (Å²) in [5.41, 5.74) is 0.744. The lowest BCUT2D eigenvalue weighted by atomic mass is 10.1. The predicted octanol–water partition coefficient (Wildman–Crippen LogP) is 3.11. The van der Waals surface area contributed by atoms with Crippen molar-refractivity contribution in [2.75, 3.05) is 20.2 Å². The number of carbonyl (C=O) groups is 1. The van der Waals surface area contributed by atoms with Crippen molar-refractivity contribution in [3.8, 4) is 5.75 Å². The number of amides is 1. The quantitative estimate of drug-likeness (QED) is 0.696. The van der Waals surface area contributed by atoms with Crippen molar-refractivity contribution in [3.05, 3.63) is 23.8 Å². The monoisotopic (exact) mass is 396 g/mol. The van der Waals surface area contributed by atoms with Crippen molar-refractivity contribution in [1.82, 2.24) is 9.62 Å². The summed E-state index contributed by atoms with van der Waals surface area (Å²) in [7, 11) is -1.94. The zero-order chi connectivity index (χ0) is 19.9. The van der Waals surface area contributed by atoms with Crippen molar-refractivity contribution in [2.24, 2.45) is 0 Å². The van der Waals surface area contributed by atoms with Crippen LogP contribution in [0, 0.1) is 0 Å². The zero-order valence-electron chi connectivity index (χ0n) is 16.7. The molecular formula is C20H32N2O4S. The highest BCUT2D eigenvalue weighted by atomic mass is 32.2. The topological polar surface area (TPSA) is 75.7 Å². The van der Waals surface area contributed by atoms with E-state index in [1.165, 1.54) is 0 Å². The number of rotatable bonds is 9. The number of aryl methyl sites for hydroxylation is 1. The molecule has 27 heavy (non-hydrogen) atoms. The van der Waals surface area contributed by atoms with E-state index in [-0.39, 0.29) is 16.8 Å². The van der Waals surface area contributed by atoms with Crippen molar-refractivity contribution in [3.63, 3.8) is 0 Å². The lowest BCUT2D eigenvalue weighted by molar-refractivity contribution is -0.121. The molecule has 6 nitrogen and oxygen atoms in total. The summed E-state index contributed by atoms with van der Waals surface area (Å²) in [4.78, 5) is 12.4. The van der Waals surface area contributed by atoms with Crippen LogP contribution < -0.4 is 10.1 Å². The number of nitrogens with one attached hydrogen (secondary N) is 1. The van der Waals surface area contributed by atoms with Crippen LogP contribution in [0.1, 0.15) is 57.9 Å². The van der Waals surface area contributed by atoms with E-state index in [4.69, 9.17) is 4.74 Å². The summed E-state index contributed by atoms with van der Waals surface area (Å²) in [5.74, 6) is 0.587. The van der Waals surface area contributed by atoms with Crippen molar-refractivity contribution >= 4 is 15.9 Å². The molecule has 1 atom stereocenters. The lowest BCUT2D eigenvalue weighted by Gasteiger charge is -2.26. The number of carbonyl (C=O) groups excluding carboxylic acids is 1. The molecule has 1 N–H and O–H groups in total. The molecular weight excluding hydrogens is 364 g/mol. The highest BCUT2D eigenvalue weighted by Gasteiger charge is 2.26. The molecule has 152 valence electrons. The van der Waals surface area contributed by atoms with Crippen LogP contribution in [0.15, 0.2) is 23.1 Å². The predicted molar refractivity (Wildman–Crippen MR) is 106 cm³/mol. The van der Waals surface area contributed by atoms with Gasteiger partial charge < -0.3 is 10.1 Å². The summed E-state index contributed by atoms with van der Waals surface area (Å²) in [6, 6.07) is 5.08. The first-order chi connectivity index (χ1) is 12.9. The standard InChI is InChI=1S/C20H32N2O4S/c1-4-8-16(2)21-20(23)12-9-17-15-18(10-11-19(17)26-3)27(24,25)22-13-6-5-7-14-22/h10-11,15-16H,4-9,12-14H2,1-3H3,(H,21,23). The third-order valence-corrected chi connectivity index (χ3v) is 6.85. The summed E-state index contributed by atoms with van der Waals surface area (Å²) in [6.07, 6.45) is 5.58. The maximum Gasteiger partial charge on any atom is 0.243 e. The average Bonchev–Trinajstić information content (AvgIpc) is 2.67. The van der Waals surface area contributed by atoms with E-state index in [1.54, 1.807) is 29.6 Å². The van der Waals surface area contributed by atoms with E-state index in [0.717, 1.165) is 37.7 Å². The molecule has 1 fully saturated rings. The average molecular weight is 397 g/mol. The van der Waals surface area contributed by atoms with E-state index in [9.17, 15) is 13.2 Å². The van der Waals surface area contributed by atoms with Gasteiger partial charge in [0.2, 0.25) is 15.9 Å². The van der Waals surface area contributed by atoms with E-state index in [2.05, 4.69) is 12.2 Å². The van der Waals surface area contributed by atoms with E-state index in [0.29, 0.717) is 31.7 Å². The van der Waals surface area contributed by atoms with Gasteiger partial charge in [-0.15, -0.1) is 0 Å². The molecule has 1 heterocycles. The second-order valence-electron chi connectivity index (χ2n) is 7.20. The molecule has 0 radical (unpaired) electrons. The van der Waals surface area contributed by atoms with Gasteiger partial charge in [0.1, 0.15) is 5.75 Å². The minimum absolute atomic E-state index is 0.0257. The van der Waals surface area contributed by atoms with Gasteiger partial charge in [-0.25, -0.2) is 8.42 Å². The van der Waals surface area contributed by atoms with Crippen molar-refractivity contribution in [2.45, 2.75) is 69.7 Å². The first-order valence-electron chi connectivity index (χ1n) is 9.85. The van der Waals surface area contributed by atoms with Crippen LogP contribution in [0.25, 0.3) is 0 Å². The number of ether oxygens (including phenoxy) is 1. The van der Waals surface area contributed by atoms with Crippen molar-refractivity contribution in [1.29, 1.82) is 0 Å². The maximum absolute atomic E-state index is 12.9. The maximum atomic E-state index is 12.9. The molecule has 0 aromatic heterocycles. The SMILES string of the molecule is CCCC(C)NC(=O)CCc1cc(S(=O)(=O)N2CCCCC2)ccc1OC. The highest BCUT2D eigenvalue weighted by molar-refractivity contribution is 7.89. The fraction of sp³-hybridized carbons (Fsp3) is 0.650. The molecule has 1 aliphatic rings. The minimum atomic E-state index is -3.50. The third kappa shape index (κ3) is 5.94. The fourth-order valence-electron chi connectivity index (χ4n) is 3.47. The summed E-state index contributed by atoms with van der Waals surface area (Å²) in [5, 5.41) is 2.98. The van der Waals surface area contributed by atoms with E-state index >= 15 is 0 Å². The molecule has 1 aromatic rings. The van der Waals surface area contributed by atoms with Gasteiger partial charge in [0.05, 0.1) is 12.0 Å². The van der Waals surface area contributed by atoms with Gasteiger partial charge >= 0.3 is 0 Å². The van der Waals surface area contributed by atoms with E-state index in [1.807, 2.05) is 6.92 Å². The Morgan fingerprint density at radius 1 is 1.26 bits per heavy atom. The lowest BCUT2D eigenvalue weighted by Crippen LogP contribution is -2.35. The summed E-state index contributed by atoms with van der Waals surface area (Å²) < 4.78 is 32.7. The van der Waals surface area contributed by atoms with Gasteiger partial charge in [-0.3, -0.25) is 4.79 Å². The largest absolute Gasteiger partial charge is 0.496 e. The molecule has 1 saturated heterocycles. The first-order valence-corrected chi connectivity index (χ1v) is 11.3. The molecule has 0 bridgehead atoms. The Hall–Kier alpha value is -1.60. The zero-order valence-corrected chi connectivity index (χ0v) is 17.5. The first kappa shape index (κ1) is 21.7. The van der Waals surface area contributed by atoms with Crippen LogP contribution in [0.4, 0.5) is 0 Å². The number of hydrogen-bond donors (Lipinski definition) is 1. The van der Waals surface area contributed by atoms with Gasteiger partial charge in [0, 0.05) is 25.6 Å². The fourth-order valence-corrected chi connectivity index (χ4v) is 5.03. The minimum Gasteiger partial charge on any atom is -0.496 e. The Kier molecular flexibility index (Phi) is 8.10. The Bertz CT molecular complexity index is 727. The Morgan fingerprint density at radius 3 is 2.59 bits per heavy atom. The molecule has 0 saturated carbocycles. The number of piperidine rings is 1. The second-order valence-corrected chi connectivity index (χ2v) is 9.13. The van der Waals surface area contributed by atoms with Gasteiger partial charge in [0.25, 0.3) is 0 Å². The number of sulfonamides is 1. The molecule has 2 rings (SSSR count). The van der Waals surface area contributed by atoms with Crippen LogP contribution in [0.3, 0.4) is 0 Å². The number of hydrogen-bond acceptors (Lipinski definition) is 4. The van der Waals surface area contributed by atoms with Crippen LogP contribution in [-0.2, 0) is 21.2 Å². The number of benzene rings is 1. The number of methoxy groups -OCH3 is 1. The van der Waals surface area contributed by atoms with Gasteiger partial charge in [-0.2, -0.15) is 4.31 Å². The summed E-state index contributed by atoms with van der Waals surface area (Å²) in [6.45, 7) is 5.22. The van der Waals surface area contributed by atoms with Gasteiger partial charge in [0.15, 0.2) is 0 Å². The van der Waals surface area contributed by atoms with Gasteiger partial charge in [-0.05, 0) is 56.4 Å². The molecule has 1 aromatic carbocycles. The van der Waals surface area contributed by atoms with Gasteiger partial charge in [-0.1, -0.05) is 19.8 Å². The van der Waals surface area contributed by atoms with Crippen LogP contribution in [0.2, 0.25) is 0 Å². The number of nitrogens with zero attached hydrogens (tertiary/aromatic N) is 1. The highest BCUT2D eigenvalue weighted by Crippen LogP contribution is 2.27. The normalized spacial score (nSPS) is 16.7. The Morgan fingerprint density at radius 2 is 1.96 bits per heavy atom. The molecule has 1 amide bonds. The molecule has 0 aliphatic carbocycles. The smallest absolute Gasteiger partial charge is 0.243 e. The van der Waals surface area contributed by atoms with Crippen molar-refractivity contribution < 1.29 is 17.9 Å². The molecule has 1 aliphatic heterocycles. The third-order valence-electron chi connectivity index (χ3n) is 4.96. The molecule has 0 spiro atoms. The van der Waals surface area contributed by atoms with Crippen LogP contribution in [0.5, 0.6) is 5.75 Å². The molecule has 1 unspecified atom stereocenters. The van der Waals surface area contributed by atoms with E-state index < -0.39 is 10.0 Å². The Balaban J connectivity index is 2.11. The second kappa shape index (κ2) is 10.1. The summed E-state index contributed by atoms with van der Waals surface area (Å²) >= 11 is 0. The van der Waals surface area contributed by atoms with Crippen LogP contribution in [-0.4, -0.2) is 44.9 Å². The molecule has 7 heteroatoms.